The molecule has 0 saturated heterocycles. The van der Waals surface area contributed by atoms with Gasteiger partial charge in [-0.25, -0.2) is 0 Å². The molecule has 0 saturated carbocycles. The van der Waals surface area contributed by atoms with Crippen LogP contribution in [0.15, 0.2) is 39.3 Å². The van der Waals surface area contributed by atoms with Gasteiger partial charge in [-0.15, -0.1) is 0 Å². The van der Waals surface area contributed by atoms with Gasteiger partial charge in [0, 0.05) is 34.0 Å². The van der Waals surface area contributed by atoms with Crippen molar-refractivity contribution in [3.8, 4) is 5.75 Å². The zero-order chi connectivity index (χ0) is 15.6. The van der Waals surface area contributed by atoms with Crippen LogP contribution in [0.5, 0.6) is 5.75 Å². The van der Waals surface area contributed by atoms with E-state index in [1.165, 1.54) is 12.1 Å². The Kier molecular flexibility index (Phi) is 4.69. The Hall–Kier alpha value is -1.80. The smallest absolute Gasteiger partial charge is 0.273 e. The third-order valence-electron chi connectivity index (χ3n) is 2.67. The number of ether oxygens (including phenoxy) is 1. The molecule has 0 aliphatic rings. The molecule has 0 fully saturated rings. The van der Waals surface area contributed by atoms with Crippen LogP contribution in [0.25, 0.3) is 0 Å². The molecule has 3 N–H and O–H groups in total. The molecule has 0 aliphatic heterocycles. The Balaban J connectivity index is 2.40. The number of nitrogens with one attached hydrogen (secondary N) is 1. The number of benzene rings is 2. The minimum atomic E-state index is -0.487. The molecule has 0 unspecified atom stereocenters. The molecule has 2 aromatic rings. The second-order valence-electron chi connectivity index (χ2n) is 4.16. The highest BCUT2D eigenvalue weighted by Crippen LogP contribution is 2.36. The van der Waals surface area contributed by atoms with Gasteiger partial charge in [0.1, 0.15) is 5.75 Å². The molecular formula is C13H11Br2N3O3. The molecule has 21 heavy (non-hydrogen) atoms. The molecule has 6 nitrogen and oxygen atoms in total. The van der Waals surface area contributed by atoms with Gasteiger partial charge in [-0.05, 0) is 44.0 Å². The predicted molar refractivity (Wildman–Crippen MR) is 89.2 cm³/mol. The maximum Gasteiger partial charge on any atom is 0.273 e. The normalized spacial score (nSPS) is 10.2. The molecule has 0 heterocycles. The number of nitrogen functional groups attached to an aromatic ring is 1. The molecular weight excluding hydrogens is 406 g/mol. The second kappa shape index (κ2) is 6.31. The van der Waals surface area contributed by atoms with Crippen LogP contribution in [0.4, 0.5) is 22.7 Å². The van der Waals surface area contributed by atoms with Crippen molar-refractivity contribution < 1.29 is 9.66 Å². The zero-order valence-electron chi connectivity index (χ0n) is 10.9. The van der Waals surface area contributed by atoms with E-state index in [1.807, 2.05) is 6.07 Å². The lowest BCUT2D eigenvalue weighted by Crippen LogP contribution is -1.97. The van der Waals surface area contributed by atoms with E-state index >= 15 is 0 Å². The van der Waals surface area contributed by atoms with Crippen molar-refractivity contribution in [3.05, 3.63) is 49.4 Å². The lowest BCUT2D eigenvalue weighted by atomic mass is 10.2. The van der Waals surface area contributed by atoms with Crippen LogP contribution in [0.2, 0.25) is 0 Å². The van der Waals surface area contributed by atoms with Crippen molar-refractivity contribution in [1.82, 2.24) is 0 Å². The largest absolute Gasteiger partial charge is 0.495 e. The zero-order valence-corrected chi connectivity index (χ0v) is 14.1. The summed E-state index contributed by atoms with van der Waals surface area (Å²) in [5.74, 6) is 0.638. The van der Waals surface area contributed by atoms with Gasteiger partial charge in [0.2, 0.25) is 0 Å². The average molecular weight is 417 g/mol. The van der Waals surface area contributed by atoms with Crippen molar-refractivity contribution in [1.29, 1.82) is 0 Å². The summed E-state index contributed by atoms with van der Waals surface area (Å²) in [6.07, 6.45) is 0. The van der Waals surface area contributed by atoms with Crippen molar-refractivity contribution in [3.63, 3.8) is 0 Å². The minimum absolute atomic E-state index is 0.0716. The van der Waals surface area contributed by atoms with Crippen LogP contribution in [-0.4, -0.2) is 12.0 Å². The van der Waals surface area contributed by atoms with E-state index in [2.05, 4.69) is 37.2 Å². The fraction of sp³-hybridized carbons (Fsp3) is 0.0769. The number of nitrogens with zero attached hydrogens (tertiary/aromatic N) is 1. The van der Waals surface area contributed by atoms with Crippen molar-refractivity contribution in [2.45, 2.75) is 0 Å². The third-order valence-corrected chi connectivity index (χ3v) is 3.95. The van der Waals surface area contributed by atoms with Gasteiger partial charge in [0.05, 0.1) is 22.2 Å². The summed E-state index contributed by atoms with van der Waals surface area (Å²) in [4.78, 5) is 10.4. The maximum atomic E-state index is 10.9. The number of nitro groups is 1. The van der Waals surface area contributed by atoms with Crippen molar-refractivity contribution in [2.75, 3.05) is 18.2 Å². The Labute approximate surface area is 137 Å². The second-order valence-corrected chi connectivity index (χ2v) is 5.87. The van der Waals surface area contributed by atoms with Crippen LogP contribution >= 0.6 is 31.9 Å². The van der Waals surface area contributed by atoms with Gasteiger partial charge in [-0.2, -0.15) is 0 Å². The highest BCUT2D eigenvalue weighted by atomic mass is 79.9. The summed E-state index contributed by atoms with van der Waals surface area (Å²) < 4.78 is 6.79. The summed E-state index contributed by atoms with van der Waals surface area (Å²) in [5, 5.41) is 13.9. The van der Waals surface area contributed by atoms with Gasteiger partial charge < -0.3 is 15.8 Å². The SMILES string of the molecule is COc1cc(Nc2cc(N)cc([N+](=O)[O-])c2)c(Br)cc1Br. The molecule has 0 bridgehead atoms. The van der Waals surface area contributed by atoms with Crippen LogP contribution < -0.4 is 15.8 Å². The van der Waals surface area contributed by atoms with Crippen LogP contribution in [-0.2, 0) is 0 Å². The van der Waals surface area contributed by atoms with Crippen molar-refractivity contribution in [2.24, 2.45) is 0 Å². The Bertz CT molecular complexity index is 707. The Morgan fingerprint density at radius 2 is 1.90 bits per heavy atom. The number of rotatable bonds is 4. The van der Waals surface area contributed by atoms with E-state index in [0.29, 0.717) is 22.8 Å². The molecule has 0 aliphatic carbocycles. The van der Waals surface area contributed by atoms with Gasteiger partial charge in [0.15, 0.2) is 0 Å². The molecule has 0 atom stereocenters. The average Bonchev–Trinajstić information content (AvgIpc) is 2.41. The number of anilines is 3. The lowest BCUT2D eigenvalue weighted by molar-refractivity contribution is -0.384. The Morgan fingerprint density at radius 1 is 1.19 bits per heavy atom. The topological polar surface area (TPSA) is 90.4 Å². The van der Waals surface area contributed by atoms with E-state index < -0.39 is 4.92 Å². The van der Waals surface area contributed by atoms with Crippen molar-refractivity contribution >= 4 is 54.6 Å². The first-order chi connectivity index (χ1) is 9.90. The molecule has 110 valence electrons. The number of nitro benzene ring substituents is 1. The van der Waals surface area contributed by atoms with E-state index in [9.17, 15) is 10.1 Å². The molecule has 0 amide bonds. The summed E-state index contributed by atoms with van der Waals surface area (Å²) in [6.45, 7) is 0. The van der Waals surface area contributed by atoms with Gasteiger partial charge in [-0.3, -0.25) is 10.1 Å². The molecule has 2 aromatic carbocycles. The van der Waals surface area contributed by atoms with Crippen LogP contribution in [0.3, 0.4) is 0 Å². The van der Waals surface area contributed by atoms with E-state index in [4.69, 9.17) is 10.5 Å². The number of halogens is 2. The van der Waals surface area contributed by atoms with Crippen LogP contribution in [0, 0.1) is 10.1 Å². The highest BCUT2D eigenvalue weighted by molar-refractivity contribution is 9.11. The molecule has 8 heteroatoms. The predicted octanol–water partition coefficient (Wildman–Crippen LogP) is 4.45. The minimum Gasteiger partial charge on any atom is -0.495 e. The first-order valence-electron chi connectivity index (χ1n) is 5.75. The molecule has 0 spiro atoms. The fourth-order valence-corrected chi connectivity index (χ4v) is 3.00. The standard InChI is InChI=1S/C13H11Br2N3O3/c1-21-13-6-12(10(14)5-11(13)15)17-8-2-7(16)3-9(4-8)18(19)20/h2-6,17H,16H2,1H3. The maximum absolute atomic E-state index is 10.9. The monoisotopic (exact) mass is 415 g/mol. The number of nitrogens with two attached hydrogens (primary N) is 1. The first-order valence-corrected chi connectivity index (χ1v) is 7.34. The van der Waals surface area contributed by atoms with Gasteiger partial charge >= 0.3 is 0 Å². The summed E-state index contributed by atoms with van der Waals surface area (Å²) in [7, 11) is 1.56. The molecule has 0 radical (unpaired) electrons. The third kappa shape index (κ3) is 3.64. The van der Waals surface area contributed by atoms with Crippen LogP contribution in [0.1, 0.15) is 0 Å². The first kappa shape index (κ1) is 15.6. The van der Waals surface area contributed by atoms with E-state index in [0.717, 1.165) is 8.95 Å². The van der Waals surface area contributed by atoms with E-state index in [-0.39, 0.29) is 5.69 Å². The quantitative estimate of drug-likeness (QED) is 0.436. The number of hydrogen-bond acceptors (Lipinski definition) is 5. The number of hydrogen-bond donors (Lipinski definition) is 2. The molecule has 2 rings (SSSR count). The fourth-order valence-electron chi connectivity index (χ4n) is 1.75. The molecule has 0 aromatic heterocycles. The number of non-ortho nitro benzene ring substituents is 1. The van der Waals surface area contributed by atoms with Gasteiger partial charge in [-0.1, -0.05) is 0 Å². The highest BCUT2D eigenvalue weighted by Gasteiger charge is 2.11. The van der Waals surface area contributed by atoms with Gasteiger partial charge in [0.25, 0.3) is 5.69 Å². The number of methoxy groups -OCH3 is 1. The lowest BCUT2D eigenvalue weighted by Gasteiger charge is -2.12. The summed E-state index contributed by atoms with van der Waals surface area (Å²) >= 11 is 6.80. The summed E-state index contributed by atoms with van der Waals surface area (Å²) in [5.41, 5.74) is 7.14. The summed E-state index contributed by atoms with van der Waals surface area (Å²) in [6, 6.07) is 7.93. The Morgan fingerprint density at radius 3 is 2.52 bits per heavy atom. The van der Waals surface area contributed by atoms with E-state index in [1.54, 1.807) is 19.2 Å².